The monoisotopic (exact) mass is 867 g/mol. The van der Waals surface area contributed by atoms with E-state index >= 15 is 4.79 Å². The Balaban J connectivity index is 1.32. The van der Waals surface area contributed by atoms with E-state index in [1.54, 1.807) is 80.8 Å². The van der Waals surface area contributed by atoms with Crippen LogP contribution in [0.25, 0.3) is 0 Å². The van der Waals surface area contributed by atoms with Crippen LogP contribution in [0.15, 0.2) is 158 Å². The number of amides is 3. The average Bonchev–Trinajstić information content (AvgIpc) is 3.80. The molecule has 6 aromatic carbocycles. The van der Waals surface area contributed by atoms with E-state index in [0.717, 1.165) is 10.5 Å². The standard InChI is InChI=1S/C53H45N3O9/c1-33(36-13-6-3-7-14-36)54-52(62)55-43-28-25-35(22-21-34-23-26-40(63-2)27-24-34)31-42(43)53(51(55)61)44(49(58)59)46-50(60)65-47(38-17-10-5-11-18-38)45(37-15-8-4-9-16-37)56(46)48(53)39-19-12-20-41(32-39)64-30-29-57/h3-20,23-28,31-33,44-48,57H,29-30H2,1-2H3,(H,54,62)(H,58,59)/t33-,44-,45+,46?,47-,48-,53+/m1/s1. The fraction of sp³-hybridized carbons (Fsp3) is 0.208. The Kier molecular flexibility index (Phi) is 11.7. The van der Waals surface area contributed by atoms with Gasteiger partial charge in [0.05, 0.1) is 37.5 Å². The number of aliphatic carboxylic acids is 1. The van der Waals surface area contributed by atoms with Gasteiger partial charge in [-0.2, -0.15) is 0 Å². The van der Waals surface area contributed by atoms with Crippen molar-refractivity contribution in [3.8, 4) is 23.3 Å². The van der Waals surface area contributed by atoms with Gasteiger partial charge in [-0.05, 0) is 89.3 Å². The minimum Gasteiger partial charge on any atom is -0.497 e. The number of fused-ring (bicyclic) bond motifs is 3. The summed E-state index contributed by atoms with van der Waals surface area (Å²) in [7, 11) is 1.57. The van der Waals surface area contributed by atoms with Gasteiger partial charge in [0.15, 0.2) is 0 Å². The van der Waals surface area contributed by atoms with Crippen molar-refractivity contribution in [1.82, 2.24) is 10.2 Å². The molecule has 12 nitrogen and oxygen atoms in total. The summed E-state index contributed by atoms with van der Waals surface area (Å²) in [5.41, 5.74) is 1.88. The Morgan fingerprint density at radius 1 is 0.754 bits per heavy atom. The predicted octanol–water partition coefficient (Wildman–Crippen LogP) is 7.69. The minimum absolute atomic E-state index is 0.0378. The summed E-state index contributed by atoms with van der Waals surface area (Å²) in [4.78, 5) is 63.2. The highest BCUT2D eigenvalue weighted by Gasteiger charge is 2.76. The number of imide groups is 1. The van der Waals surface area contributed by atoms with Gasteiger partial charge >= 0.3 is 18.0 Å². The molecular formula is C53H45N3O9. The zero-order valence-corrected chi connectivity index (χ0v) is 35.5. The number of carboxylic acids is 1. The summed E-state index contributed by atoms with van der Waals surface area (Å²) in [5, 5.41) is 24.4. The first kappa shape index (κ1) is 42.6. The molecule has 0 saturated carbocycles. The summed E-state index contributed by atoms with van der Waals surface area (Å²) >= 11 is 0. The summed E-state index contributed by atoms with van der Waals surface area (Å²) in [6, 6.07) is 41.9. The fourth-order valence-electron chi connectivity index (χ4n) is 9.80. The van der Waals surface area contributed by atoms with Gasteiger partial charge in [-0.3, -0.25) is 19.3 Å². The number of carbonyl (C=O) groups excluding carboxylic acids is 3. The van der Waals surface area contributed by atoms with Gasteiger partial charge in [0, 0.05) is 11.1 Å². The summed E-state index contributed by atoms with van der Waals surface area (Å²) in [5.74, 6) is 2.45. The third-order valence-electron chi connectivity index (χ3n) is 12.5. The molecule has 9 rings (SSSR count). The van der Waals surface area contributed by atoms with Gasteiger partial charge in [0.25, 0.3) is 0 Å². The number of anilines is 1. The molecule has 3 amide bonds. The number of urea groups is 1. The van der Waals surface area contributed by atoms with Crippen LogP contribution in [0.4, 0.5) is 10.5 Å². The lowest BCUT2D eigenvalue weighted by molar-refractivity contribution is -0.179. The maximum absolute atomic E-state index is 16.2. The quantitative estimate of drug-likeness (QED) is 0.0923. The molecule has 3 aliphatic rings. The van der Waals surface area contributed by atoms with Crippen LogP contribution >= 0.6 is 0 Å². The van der Waals surface area contributed by atoms with E-state index in [1.165, 1.54) is 0 Å². The second-order valence-corrected chi connectivity index (χ2v) is 16.2. The number of nitrogens with one attached hydrogen (secondary N) is 1. The zero-order valence-electron chi connectivity index (χ0n) is 35.5. The van der Waals surface area contributed by atoms with Gasteiger partial charge in [-0.25, -0.2) is 9.69 Å². The number of carbonyl (C=O) groups is 4. The van der Waals surface area contributed by atoms with E-state index < -0.39 is 65.5 Å². The van der Waals surface area contributed by atoms with Crippen molar-refractivity contribution in [2.24, 2.45) is 5.92 Å². The lowest BCUT2D eigenvalue weighted by atomic mass is 9.65. The van der Waals surface area contributed by atoms with Gasteiger partial charge < -0.3 is 29.7 Å². The van der Waals surface area contributed by atoms with E-state index in [-0.39, 0.29) is 24.5 Å². The van der Waals surface area contributed by atoms with Crippen LogP contribution in [0.5, 0.6) is 11.5 Å². The van der Waals surface area contributed by atoms with Gasteiger partial charge in [0.2, 0.25) is 5.91 Å². The molecule has 0 bridgehead atoms. The maximum atomic E-state index is 16.2. The van der Waals surface area contributed by atoms with Crippen molar-refractivity contribution < 1.29 is 43.6 Å². The van der Waals surface area contributed by atoms with Crippen LogP contribution in [-0.2, 0) is 24.5 Å². The first-order chi connectivity index (χ1) is 31.6. The lowest BCUT2D eigenvalue weighted by Gasteiger charge is -2.46. The first-order valence-electron chi connectivity index (χ1n) is 21.3. The number of aliphatic hydroxyl groups excluding tert-OH is 1. The number of morpholine rings is 1. The van der Waals surface area contributed by atoms with Crippen molar-refractivity contribution in [1.29, 1.82) is 0 Å². The minimum atomic E-state index is -2.16. The van der Waals surface area contributed by atoms with E-state index in [1.807, 2.05) is 95.9 Å². The Morgan fingerprint density at radius 3 is 2.05 bits per heavy atom. The summed E-state index contributed by atoms with van der Waals surface area (Å²) in [6.45, 7) is 1.48. The summed E-state index contributed by atoms with van der Waals surface area (Å²) < 4.78 is 17.6. The molecule has 326 valence electrons. The smallest absolute Gasteiger partial charge is 0.329 e. The molecular weight excluding hydrogens is 823 g/mol. The van der Waals surface area contributed by atoms with Crippen LogP contribution in [0.3, 0.4) is 0 Å². The van der Waals surface area contributed by atoms with E-state index in [0.29, 0.717) is 39.3 Å². The molecule has 3 heterocycles. The SMILES string of the molecule is COc1ccc(C#Cc2ccc3c(c2)[C@]2(C(=O)N3C(=O)N[C@H](C)c3ccccc3)[C@@H](C(=O)O)C3C(=O)O[C@H](c4ccccc4)[C@H](c4ccccc4)N3[C@@H]2c2cccc(OCCO)c2)cc1. The summed E-state index contributed by atoms with van der Waals surface area (Å²) in [6.07, 6.45) is -0.952. The van der Waals surface area contributed by atoms with Crippen molar-refractivity contribution in [2.45, 2.75) is 42.6 Å². The number of carboxylic acid groups (broad SMARTS) is 1. The Hall–Kier alpha value is -7.72. The van der Waals surface area contributed by atoms with Crippen LogP contribution in [-0.4, -0.2) is 65.4 Å². The highest BCUT2D eigenvalue weighted by Crippen LogP contribution is 2.66. The molecule has 2 fully saturated rings. The molecule has 12 heteroatoms. The molecule has 65 heavy (non-hydrogen) atoms. The van der Waals surface area contributed by atoms with E-state index in [9.17, 15) is 24.6 Å². The molecule has 7 atom stereocenters. The molecule has 1 unspecified atom stereocenters. The second-order valence-electron chi connectivity index (χ2n) is 16.2. The van der Waals surface area contributed by atoms with Crippen molar-refractivity contribution in [3.05, 3.63) is 197 Å². The Bertz CT molecular complexity index is 2810. The largest absolute Gasteiger partial charge is 0.497 e. The highest BCUT2D eigenvalue weighted by molar-refractivity contribution is 6.24. The molecule has 1 spiro atoms. The van der Waals surface area contributed by atoms with Crippen LogP contribution in [0, 0.1) is 17.8 Å². The number of nitrogens with zero attached hydrogens (tertiary/aromatic N) is 2. The molecule has 2 saturated heterocycles. The van der Waals surface area contributed by atoms with Crippen LogP contribution in [0.1, 0.15) is 70.1 Å². The third kappa shape index (κ3) is 7.54. The Labute approximate surface area is 376 Å². The fourth-order valence-corrected chi connectivity index (χ4v) is 9.80. The predicted molar refractivity (Wildman–Crippen MR) is 241 cm³/mol. The number of rotatable bonds is 10. The number of aliphatic hydroxyl groups is 1. The molecule has 0 radical (unpaired) electrons. The zero-order chi connectivity index (χ0) is 45.2. The number of esters is 1. The van der Waals surface area contributed by atoms with E-state index in [4.69, 9.17) is 14.2 Å². The second kappa shape index (κ2) is 17.8. The molecule has 3 N–H and O–H groups in total. The van der Waals surface area contributed by atoms with Crippen LogP contribution in [0.2, 0.25) is 0 Å². The molecule has 0 aromatic heterocycles. The lowest BCUT2D eigenvalue weighted by Crippen LogP contribution is -2.54. The number of benzene rings is 6. The van der Waals surface area contributed by atoms with E-state index in [2.05, 4.69) is 17.2 Å². The first-order valence-corrected chi connectivity index (χ1v) is 21.3. The highest BCUT2D eigenvalue weighted by atomic mass is 16.6. The number of methoxy groups -OCH3 is 1. The van der Waals surface area contributed by atoms with Gasteiger partial charge in [0.1, 0.15) is 41.6 Å². The van der Waals surface area contributed by atoms with Gasteiger partial charge in [-0.1, -0.05) is 115 Å². The normalized spacial score (nSPS) is 22.5. The number of hydrogen-bond acceptors (Lipinski definition) is 9. The number of cyclic esters (lactones) is 1. The number of hydrogen-bond donors (Lipinski definition) is 3. The third-order valence-corrected chi connectivity index (χ3v) is 12.5. The topological polar surface area (TPSA) is 155 Å². The van der Waals surface area contributed by atoms with Crippen molar-refractivity contribution in [2.75, 3.05) is 25.2 Å². The van der Waals surface area contributed by atoms with Gasteiger partial charge in [-0.15, -0.1) is 0 Å². The van der Waals surface area contributed by atoms with Crippen molar-refractivity contribution >= 4 is 29.6 Å². The number of ether oxygens (including phenoxy) is 3. The van der Waals surface area contributed by atoms with Crippen molar-refractivity contribution in [3.63, 3.8) is 0 Å². The molecule has 6 aromatic rings. The maximum Gasteiger partial charge on any atom is 0.329 e. The van der Waals surface area contributed by atoms with Crippen LogP contribution < -0.4 is 19.7 Å². The molecule has 0 aliphatic carbocycles. The molecule has 3 aliphatic heterocycles. The average molecular weight is 868 g/mol. The Morgan fingerprint density at radius 2 is 1.38 bits per heavy atom.